The first-order chi connectivity index (χ1) is 10.6. The second-order valence-corrected chi connectivity index (χ2v) is 7.05. The highest BCUT2D eigenvalue weighted by atomic mass is 33.1. The van der Waals surface area contributed by atoms with Crippen LogP contribution in [0.25, 0.3) is 0 Å². The molecule has 7 nitrogen and oxygen atoms in total. The van der Waals surface area contributed by atoms with Gasteiger partial charge in [0.1, 0.15) is 11.6 Å². The normalized spacial score (nSPS) is 15.8. The molecule has 2 rings (SSSR count). The van der Waals surface area contributed by atoms with Crippen LogP contribution in [0.15, 0.2) is 29.4 Å². The summed E-state index contributed by atoms with van der Waals surface area (Å²) in [4.78, 5) is 42.8. The summed E-state index contributed by atoms with van der Waals surface area (Å²) in [5, 5.41) is 1.31. The van der Waals surface area contributed by atoms with Crippen molar-refractivity contribution in [1.29, 1.82) is 0 Å². The van der Waals surface area contributed by atoms with E-state index in [1.165, 1.54) is 21.6 Å². The van der Waals surface area contributed by atoms with Crippen molar-refractivity contribution < 1.29 is 24.0 Å². The molecular weight excluding hydrogens is 328 g/mol. The third-order valence-corrected chi connectivity index (χ3v) is 5.30. The molecule has 118 valence electrons. The summed E-state index contributed by atoms with van der Waals surface area (Å²) < 4.78 is 4.89. The van der Waals surface area contributed by atoms with Crippen molar-refractivity contribution in [2.24, 2.45) is 0 Å². The van der Waals surface area contributed by atoms with Crippen molar-refractivity contribution in [3.8, 4) is 0 Å². The Kier molecular flexibility index (Phi) is 6.08. The van der Waals surface area contributed by atoms with Gasteiger partial charge in [-0.15, -0.1) is 0 Å². The summed E-state index contributed by atoms with van der Waals surface area (Å²) in [6, 6.07) is 5.60. The second kappa shape index (κ2) is 8.04. The highest BCUT2D eigenvalue weighted by molar-refractivity contribution is 8.76. The van der Waals surface area contributed by atoms with Crippen molar-refractivity contribution in [3.05, 3.63) is 24.4 Å². The number of hydrogen-bond acceptors (Lipinski definition) is 8. The van der Waals surface area contributed by atoms with Crippen molar-refractivity contribution >= 4 is 39.6 Å². The Morgan fingerprint density at radius 3 is 2.73 bits per heavy atom. The molecule has 22 heavy (non-hydrogen) atoms. The quantitative estimate of drug-likeness (QED) is 0.443. The Labute approximate surface area is 135 Å². The van der Waals surface area contributed by atoms with E-state index in [0.29, 0.717) is 5.06 Å². The number of amides is 2. The van der Waals surface area contributed by atoms with E-state index in [9.17, 15) is 14.4 Å². The van der Waals surface area contributed by atoms with Gasteiger partial charge >= 0.3 is 6.16 Å². The van der Waals surface area contributed by atoms with Gasteiger partial charge in [0.25, 0.3) is 11.8 Å². The maximum Gasteiger partial charge on any atom is 0.533 e. The summed E-state index contributed by atoms with van der Waals surface area (Å²) in [6.07, 6.45) is 0.753. The van der Waals surface area contributed by atoms with E-state index in [1.54, 1.807) is 6.20 Å². The van der Waals surface area contributed by atoms with E-state index in [1.807, 2.05) is 25.1 Å². The summed E-state index contributed by atoms with van der Waals surface area (Å²) in [5.41, 5.74) is 0. The standard InChI is InChI=1S/C13H14N2O5S2/c1-9(21-22-10-4-2-3-7-14-10)8-19-13(18)20-15-11(16)5-6-12(15)17/h2-4,7,9H,5-6,8H2,1H3. The molecule has 1 aromatic heterocycles. The van der Waals surface area contributed by atoms with Gasteiger partial charge in [-0.25, -0.2) is 9.78 Å². The van der Waals surface area contributed by atoms with Crippen LogP contribution in [0, 0.1) is 0 Å². The molecule has 0 bridgehead atoms. The molecule has 1 unspecified atom stereocenters. The first kappa shape index (κ1) is 16.6. The number of ether oxygens (including phenoxy) is 1. The van der Waals surface area contributed by atoms with Crippen LogP contribution in [0.5, 0.6) is 0 Å². The number of carbonyl (C=O) groups excluding carboxylic acids is 3. The Hall–Kier alpha value is -1.74. The maximum atomic E-state index is 11.4. The van der Waals surface area contributed by atoms with Crippen molar-refractivity contribution in [2.75, 3.05) is 6.61 Å². The molecule has 0 radical (unpaired) electrons. The van der Waals surface area contributed by atoms with E-state index in [4.69, 9.17) is 4.74 Å². The molecule has 1 saturated heterocycles. The van der Waals surface area contributed by atoms with Crippen LogP contribution in [0.4, 0.5) is 4.79 Å². The number of carbonyl (C=O) groups is 3. The van der Waals surface area contributed by atoms with Gasteiger partial charge in [0.05, 0.1) is 0 Å². The van der Waals surface area contributed by atoms with Crippen LogP contribution >= 0.6 is 21.6 Å². The first-order valence-corrected chi connectivity index (χ1v) is 8.72. The van der Waals surface area contributed by atoms with Crippen LogP contribution in [-0.2, 0) is 19.2 Å². The minimum Gasteiger partial charge on any atom is -0.432 e. The molecule has 1 fully saturated rings. The smallest absolute Gasteiger partial charge is 0.432 e. The second-order valence-electron chi connectivity index (χ2n) is 4.39. The Bertz CT molecular complexity index is 539. The molecule has 0 aliphatic carbocycles. The zero-order chi connectivity index (χ0) is 15.9. The average Bonchev–Trinajstić information content (AvgIpc) is 2.84. The summed E-state index contributed by atoms with van der Waals surface area (Å²) in [6.45, 7) is 1.97. The number of hydrogen-bond donors (Lipinski definition) is 0. The topological polar surface area (TPSA) is 85.8 Å². The lowest BCUT2D eigenvalue weighted by molar-refractivity contribution is -0.177. The fourth-order valence-electron chi connectivity index (χ4n) is 1.50. The number of rotatable bonds is 6. The maximum absolute atomic E-state index is 11.4. The Balaban J connectivity index is 1.67. The fourth-order valence-corrected chi connectivity index (χ4v) is 3.38. The highest BCUT2D eigenvalue weighted by Gasteiger charge is 2.33. The van der Waals surface area contributed by atoms with Crippen LogP contribution in [0.2, 0.25) is 0 Å². The Morgan fingerprint density at radius 1 is 1.36 bits per heavy atom. The average molecular weight is 342 g/mol. The van der Waals surface area contributed by atoms with E-state index in [-0.39, 0.29) is 24.7 Å². The molecular formula is C13H14N2O5S2. The largest absolute Gasteiger partial charge is 0.533 e. The molecule has 1 aliphatic rings. The molecule has 0 saturated carbocycles. The first-order valence-electron chi connectivity index (χ1n) is 6.51. The lowest BCUT2D eigenvalue weighted by Gasteiger charge is -2.14. The molecule has 9 heteroatoms. The number of hydroxylamine groups is 2. The van der Waals surface area contributed by atoms with Gasteiger partial charge in [0.15, 0.2) is 0 Å². The lowest BCUT2D eigenvalue weighted by Crippen LogP contribution is -2.32. The van der Waals surface area contributed by atoms with Gasteiger partial charge in [-0.2, -0.15) is 0 Å². The number of pyridine rings is 1. The number of imide groups is 1. The van der Waals surface area contributed by atoms with Gasteiger partial charge in [0.2, 0.25) is 0 Å². The molecule has 2 heterocycles. The zero-order valence-corrected chi connectivity index (χ0v) is 13.4. The van der Waals surface area contributed by atoms with Gasteiger partial charge in [-0.3, -0.25) is 14.4 Å². The summed E-state index contributed by atoms with van der Waals surface area (Å²) in [5.74, 6) is -1.06. The molecule has 2 amide bonds. The summed E-state index contributed by atoms with van der Waals surface area (Å²) in [7, 11) is 2.96. The molecule has 1 atom stereocenters. The zero-order valence-electron chi connectivity index (χ0n) is 11.8. The monoisotopic (exact) mass is 342 g/mol. The van der Waals surface area contributed by atoms with Gasteiger partial charge in [-0.1, -0.05) is 21.9 Å². The molecule has 1 aliphatic heterocycles. The summed E-state index contributed by atoms with van der Waals surface area (Å²) >= 11 is 0. The van der Waals surface area contributed by atoms with E-state index >= 15 is 0 Å². The predicted octanol–water partition coefficient (Wildman–Crippen LogP) is 2.43. The highest BCUT2D eigenvalue weighted by Crippen LogP contribution is 2.32. The van der Waals surface area contributed by atoms with Crippen LogP contribution in [0.1, 0.15) is 19.8 Å². The van der Waals surface area contributed by atoms with Crippen molar-refractivity contribution in [1.82, 2.24) is 10.0 Å². The third kappa shape index (κ3) is 4.92. The number of aromatic nitrogens is 1. The van der Waals surface area contributed by atoms with Crippen LogP contribution < -0.4 is 0 Å². The molecule has 0 N–H and O–H groups in total. The minimum atomic E-state index is -1.06. The fraction of sp³-hybridized carbons (Fsp3) is 0.385. The van der Waals surface area contributed by atoms with Crippen molar-refractivity contribution in [2.45, 2.75) is 30.0 Å². The SMILES string of the molecule is CC(COC(=O)ON1C(=O)CCC1=O)SSc1ccccn1. The molecule has 0 spiro atoms. The van der Waals surface area contributed by atoms with E-state index < -0.39 is 18.0 Å². The molecule has 1 aromatic rings. The van der Waals surface area contributed by atoms with Crippen molar-refractivity contribution in [3.63, 3.8) is 0 Å². The lowest BCUT2D eigenvalue weighted by atomic mass is 10.4. The third-order valence-electron chi connectivity index (χ3n) is 2.54. The minimum absolute atomic E-state index is 0.00969. The van der Waals surface area contributed by atoms with E-state index in [0.717, 1.165) is 5.03 Å². The number of nitrogens with zero attached hydrogens (tertiary/aromatic N) is 2. The van der Waals surface area contributed by atoms with E-state index in [2.05, 4.69) is 9.82 Å². The van der Waals surface area contributed by atoms with Crippen LogP contribution in [0.3, 0.4) is 0 Å². The van der Waals surface area contributed by atoms with Gasteiger partial charge < -0.3 is 4.74 Å². The Morgan fingerprint density at radius 2 is 2.09 bits per heavy atom. The predicted molar refractivity (Wildman–Crippen MR) is 80.7 cm³/mol. The van der Waals surface area contributed by atoms with Crippen LogP contribution in [-0.4, -0.2) is 39.9 Å². The molecule has 0 aromatic carbocycles. The van der Waals surface area contributed by atoms with Gasteiger partial charge in [-0.05, 0) is 29.9 Å². The van der Waals surface area contributed by atoms with Gasteiger partial charge in [0, 0.05) is 24.3 Å².